The molecule has 0 spiro atoms. The van der Waals surface area contributed by atoms with Gasteiger partial charge in [-0.2, -0.15) is 0 Å². The highest BCUT2D eigenvalue weighted by Gasteiger charge is 2.24. The summed E-state index contributed by atoms with van der Waals surface area (Å²) < 4.78 is 2.50. The van der Waals surface area contributed by atoms with E-state index in [2.05, 4.69) is 312 Å². The Hall–Kier alpha value is -9.96. The molecule has 0 saturated heterocycles. The van der Waals surface area contributed by atoms with Crippen molar-refractivity contribution in [3.63, 3.8) is 0 Å². The monoisotopic (exact) mass is 955 g/mol. The molecule has 0 atom stereocenters. The van der Waals surface area contributed by atoms with Crippen LogP contribution in [0.2, 0.25) is 0 Å². The second kappa shape index (κ2) is 18.6. The van der Waals surface area contributed by atoms with E-state index in [0.717, 1.165) is 50.8 Å². The largest absolute Gasteiger partial charge is 0.310 e. The van der Waals surface area contributed by atoms with Crippen molar-refractivity contribution < 1.29 is 0 Å². The van der Waals surface area contributed by atoms with Crippen LogP contribution in [0.15, 0.2) is 297 Å². The Kier molecular flexibility index (Phi) is 10.8. The topological polar surface area (TPSA) is 11.4 Å². The van der Waals surface area contributed by atoms with Gasteiger partial charge in [0.05, 0.1) is 16.7 Å². The number of hydrogen-bond donors (Lipinski definition) is 0. The van der Waals surface area contributed by atoms with E-state index in [9.17, 15) is 0 Å². The van der Waals surface area contributed by atoms with E-state index in [4.69, 9.17) is 0 Å². The maximum Gasteiger partial charge on any atom is 0.0548 e. The van der Waals surface area contributed by atoms with Crippen molar-refractivity contribution >= 4 is 88.2 Å². The third-order valence-corrected chi connectivity index (χ3v) is 14.9. The van der Waals surface area contributed by atoms with E-state index in [0.29, 0.717) is 0 Å². The molecule has 0 fully saturated rings. The average Bonchev–Trinajstić information content (AvgIpc) is 3.95. The van der Waals surface area contributed by atoms with E-state index in [1.165, 1.54) is 76.5 Å². The second-order valence-corrected chi connectivity index (χ2v) is 19.3. The molecule has 0 aliphatic rings. The van der Waals surface area contributed by atoms with Crippen molar-refractivity contribution in [2.45, 2.75) is 0 Å². The summed E-state index contributed by atoms with van der Waals surface area (Å²) in [5.74, 6) is 0. The minimum atomic E-state index is 1.08. The van der Waals surface area contributed by atoms with E-state index in [1.54, 1.807) is 0 Å². The van der Waals surface area contributed by atoms with Crippen LogP contribution in [0.4, 0.5) is 34.1 Å². The van der Waals surface area contributed by atoms with Gasteiger partial charge in [-0.3, -0.25) is 0 Å². The molecular weight excluding hydrogens is 907 g/mol. The molecule has 0 N–H and O–H groups in total. The van der Waals surface area contributed by atoms with Gasteiger partial charge in [0.1, 0.15) is 0 Å². The van der Waals surface area contributed by atoms with Gasteiger partial charge >= 0.3 is 0 Å². The third kappa shape index (κ3) is 7.86. The van der Waals surface area contributed by atoms with E-state index < -0.39 is 0 Å². The molecule has 3 heteroatoms. The molecule has 75 heavy (non-hydrogen) atoms. The van der Waals surface area contributed by atoms with Gasteiger partial charge < -0.3 is 14.4 Å². The number of benzene rings is 13. The number of aromatic nitrogens is 1. The highest BCUT2D eigenvalue weighted by Crippen LogP contribution is 2.48. The maximum atomic E-state index is 2.50. The summed E-state index contributed by atoms with van der Waals surface area (Å²) in [5.41, 5.74) is 17.1. The first kappa shape index (κ1) is 43.8. The smallest absolute Gasteiger partial charge is 0.0548 e. The van der Waals surface area contributed by atoms with Crippen LogP contribution in [0.1, 0.15) is 0 Å². The summed E-state index contributed by atoms with van der Waals surface area (Å²) in [6.07, 6.45) is 0. The molecule has 0 saturated carbocycles. The van der Waals surface area contributed by atoms with E-state index in [1.807, 2.05) is 0 Å². The Balaban J connectivity index is 1.04. The molecule has 0 amide bonds. The average molecular weight is 956 g/mol. The number of hydrogen-bond acceptors (Lipinski definition) is 2. The van der Waals surface area contributed by atoms with E-state index >= 15 is 0 Å². The van der Waals surface area contributed by atoms with Crippen molar-refractivity contribution in [2.75, 3.05) is 9.80 Å². The lowest BCUT2D eigenvalue weighted by Crippen LogP contribution is -2.10. The molecular formula is C72H49N3. The molecule has 0 aliphatic heterocycles. The molecule has 3 nitrogen and oxygen atoms in total. The molecule has 0 unspecified atom stereocenters. The maximum absolute atomic E-state index is 2.50. The third-order valence-electron chi connectivity index (χ3n) is 14.9. The number of anilines is 6. The van der Waals surface area contributed by atoms with Crippen molar-refractivity contribution in [2.24, 2.45) is 0 Å². The summed E-state index contributed by atoms with van der Waals surface area (Å²) >= 11 is 0. The van der Waals surface area contributed by atoms with Crippen molar-refractivity contribution in [1.82, 2.24) is 4.57 Å². The Labute approximate surface area is 436 Å². The normalized spacial score (nSPS) is 11.5. The number of rotatable bonds is 10. The number of nitrogens with zero attached hydrogens (tertiary/aromatic N) is 3. The fraction of sp³-hybridized carbons (Fsp3) is 0. The predicted molar refractivity (Wildman–Crippen MR) is 319 cm³/mol. The summed E-state index contributed by atoms with van der Waals surface area (Å²) in [6.45, 7) is 0. The van der Waals surface area contributed by atoms with E-state index in [-0.39, 0.29) is 0 Å². The highest BCUT2D eigenvalue weighted by molar-refractivity contribution is 6.31. The molecule has 13 aromatic carbocycles. The van der Waals surface area contributed by atoms with Gasteiger partial charge in [-0.1, -0.05) is 200 Å². The second-order valence-electron chi connectivity index (χ2n) is 19.3. The van der Waals surface area contributed by atoms with Crippen LogP contribution in [-0.4, -0.2) is 4.57 Å². The van der Waals surface area contributed by atoms with Crippen LogP contribution < -0.4 is 9.80 Å². The zero-order valence-electron chi connectivity index (χ0n) is 41.1. The molecule has 0 aliphatic carbocycles. The molecule has 14 aromatic rings. The SMILES string of the molecule is c1ccc(-c2ccc(N(c3ccccc3)c3ccc4ccc5c(c4c3)c3c4c(N(c6ccccc6)c6ccc(-c7ccccc7)cc6)cccc4ccc3n5-c3cccc(-c4ccc5ccccc5c4)c3)cc2)cc1. The van der Waals surface area contributed by atoms with Crippen molar-refractivity contribution in [3.8, 4) is 39.1 Å². The minimum absolute atomic E-state index is 1.08. The fourth-order valence-electron chi connectivity index (χ4n) is 11.4. The Morgan fingerprint density at radius 2 is 0.667 bits per heavy atom. The number of fused-ring (bicyclic) bond motifs is 8. The Bertz CT molecular complexity index is 4380. The van der Waals surface area contributed by atoms with Crippen LogP contribution in [0.3, 0.4) is 0 Å². The van der Waals surface area contributed by atoms with Crippen LogP contribution in [0.25, 0.3) is 93.2 Å². The van der Waals surface area contributed by atoms with Gasteiger partial charge in [0.2, 0.25) is 0 Å². The molecule has 1 heterocycles. The number of para-hydroxylation sites is 2. The molecule has 14 rings (SSSR count). The summed E-state index contributed by atoms with van der Waals surface area (Å²) in [5, 5.41) is 9.60. The van der Waals surface area contributed by atoms with Crippen LogP contribution >= 0.6 is 0 Å². The van der Waals surface area contributed by atoms with Gasteiger partial charge in [0.25, 0.3) is 0 Å². The van der Waals surface area contributed by atoms with Crippen LogP contribution in [-0.2, 0) is 0 Å². The zero-order valence-corrected chi connectivity index (χ0v) is 41.1. The van der Waals surface area contributed by atoms with Gasteiger partial charge in [0.15, 0.2) is 0 Å². The van der Waals surface area contributed by atoms with Gasteiger partial charge in [0, 0.05) is 50.3 Å². The lowest BCUT2D eigenvalue weighted by Gasteiger charge is -2.27. The predicted octanol–water partition coefficient (Wildman–Crippen LogP) is 20.2. The van der Waals surface area contributed by atoms with Crippen molar-refractivity contribution in [3.05, 3.63) is 297 Å². The summed E-state index contributed by atoms with van der Waals surface area (Å²) in [4.78, 5) is 4.83. The van der Waals surface area contributed by atoms with Crippen molar-refractivity contribution in [1.29, 1.82) is 0 Å². The van der Waals surface area contributed by atoms with Gasteiger partial charge in [-0.15, -0.1) is 0 Å². The quantitative estimate of drug-likeness (QED) is 0.135. The first-order chi connectivity index (χ1) is 37.2. The minimum Gasteiger partial charge on any atom is -0.310 e. The molecule has 0 bridgehead atoms. The lowest BCUT2D eigenvalue weighted by atomic mass is 9.97. The van der Waals surface area contributed by atoms with Gasteiger partial charge in [-0.25, -0.2) is 0 Å². The standard InChI is InChI=1S/C72H49N3/c1-5-17-50(18-6-1)53-33-40-62(41-34-53)73(60-25-9-3-10-26-60)65-44-37-55-38-45-68-71(66(55)49-65)72-69(75(68)64-29-15-24-58(48-64)59-32-31-52-21-13-14-22-57(52)47-59)46-39-56-23-16-30-67(70(56)72)74(61-27-11-4-12-28-61)63-42-35-54(36-43-63)51-19-7-2-8-20-51/h1-49H. The Morgan fingerprint density at radius 1 is 0.227 bits per heavy atom. The Morgan fingerprint density at radius 3 is 1.33 bits per heavy atom. The van der Waals surface area contributed by atoms with Crippen LogP contribution in [0, 0.1) is 0 Å². The van der Waals surface area contributed by atoms with Crippen LogP contribution in [0.5, 0.6) is 0 Å². The fourth-order valence-corrected chi connectivity index (χ4v) is 11.4. The summed E-state index contributed by atoms with van der Waals surface area (Å²) in [6, 6.07) is 108. The highest BCUT2D eigenvalue weighted by atomic mass is 15.1. The zero-order chi connectivity index (χ0) is 49.7. The van der Waals surface area contributed by atoms with Gasteiger partial charge in [-0.05, 0) is 157 Å². The molecule has 0 radical (unpaired) electrons. The summed E-state index contributed by atoms with van der Waals surface area (Å²) in [7, 11) is 0. The first-order valence-electron chi connectivity index (χ1n) is 25.7. The molecule has 352 valence electrons. The molecule has 1 aromatic heterocycles. The lowest BCUT2D eigenvalue weighted by molar-refractivity contribution is 1.18. The first-order valence-corrected chi connectivity index (χ1v) is 25.7.